The maximum absolute atomic E-state index is 13.2. The summed E-state index contributed by atoms with van der Waals surface area (Å²) in [4.78, 5) is 0. The lowest BCUT2D eigenvalue weighted by atomic mass is 9.89. The maximum Gasteiger partial charge on any atom is 0.126 e. The summed E-state index contributed by atoms with van der Waals surface area (Å²) in [6.45, 7) is 5.71. The van der Waals surface area contributed by atoms with Gasteiger partial charge < -0.3 is 10.1 Å². The molecule has 0 saturated carbocycles. The summed E-state index contributed by atoms with van der Waals surface area (Å²) in [7, 11) is 0. The van der Waals surface area contributed by atoms with Crippen LogP contribution in [-0.4, -0.2) is 25.3 Å². The van der Waals surface area contributed by atoms with Crippen molar-refractivity contribution in [1.82, 2.24) is 5.32 Å². The molecular weight excluding hydrogens is 248 g/mol. The van der Waals surface area contributed by atoms with Crippen LogP contribution in [0.2, 0.25) is 0 Å². The Morgan fingerprint density at radius 1 is 1.32 bits per heavy atom. The van der Waals surface area contributed by atoms with Crippen LogP contribution >= 0.6 is 0 Å². The van der Waals surface area contributed by atoms with Crippen LogP contribution in [0.5, 0.6) is 0 Å². The third-order valence-corrected chi connectivity index (χ3v) is 3.80. The van der Waals surface area contributed by atoms with E-state index in [9.17, 15) is 8.78 Å². The van der Waals surface area contributed by atoms with E-state index >= 15 is 0 Å². The van der Waals surface area contributed by atoms with Gasteiger partial charge in [-0.3, -0.25) is 0 Å². The van der Waals surface area contributed by atoms with Crippen molar-refractivity contribution < 1.29 is 13.5 Å². The molecule has 4 heteroatoms. The van der Waals surface area contributed by atoms with Crippen molar-refractivity contribution in [3.8, 4) is 0 Å². The minimum atomic E-state index is -0.513. The summed E-state index contributed by atoms with van der Waals surface area (Å²) >= 11 is 0. The van der Waals surface area contributed by atoms with E-state index in [0.717, 1.165) is 25.6 Å². The molecule has 0 amide bonds. The highest BCUT2D eigenvalue weighted by molar-refractivity contribution is 5.19. The van der Waals surface area contributed by atoms with E-state index < -0.39 is 11.6 Å². The first-order valence-corrected chi connectivity index (χ1v) is 6.90. The third kappa shape index (κ3) is 3.74. The molecule has 0 radical (unpaired) electrons. The van der Waals surface area contributed by atoms with E-state index in [4.69, 9.17) is 4.74 Å². The predicted molar refractivity (Wildman–Crippen MR) is 71.0 cm³/mol. The molecule has 1 heterocycles. The Kier molecular flexibility index (Phi) is 4.88. The van der Waals surface area contributed by atoms with Crippen molar-refractivity contribution in [2.24, 2.45) is 5.92 Å². The SMILES string of the molecule is CCNC(Cc1cc(F)cc(F)c1)C1CCOC1C. The lowest BCUT2D eigenvalue weighted by Crippen LogP contribution is -2.40. The van der Waals surface area contributed by atoms with Gasteiger partial charge in [-0.2, -0.15) is 0 Å². The summed E-state index contributed by atoms with van der Waals surface area (Å²) in [5.41, 5.74) is 0.697. The Labute approximate surface area is 113 Å². The molecule has 2 rings (SSSR count). The predicted octanol–water partition coefficient (Wildman–Crippen LogP) is 2.91. The van der Waals surface area contributed by atoms with Crippen molar-refractivity contribution >= 4 is 0 Å². The summed E-state index contributed by atoms with van der Waals surface area (Å²) in [6.07, 6.45) is 1.82. The van der Waals surface area contributed by atoms with Gasteiger partial charge in [-0.15, -0.1) is 0 Å². The number of hydrogen-bond donors (Lipinski definition) is 1. The molecule has 0 spiro atoms. The normalized spacial score (nSPS) is 24.6. The van der Waals surface area contributed by atoms with Crippen LogP contribution in [0.15, 0.2) is 18.2 Å². The Morgan fingerprint density at radius 3 is 2.53 bits per heavy atom. The first-order chi connectivity index (χ1) is 9.10. The first-order valence-electron chi connectivity index (χ1n) is 6.90. The van der Waals surface area contributed by atoms with Gasteiger partial charge in [-0.1, -0.05) is 6.92 Å². The van der Waals surface area contributed by atoms with Gasteiger partial charge in [0.25, 0.3) is 0 Å². The van der Waals surface area contributed by atoms with Gasteiger partial charge >= 0.3 is 0 Å². The summed E-state index contributed by atoms with van der Waals surface area (Å²) in [5.74, 6) is -0.631. The lowest BCUT2D eigenvalue weighted by molar-refractivity contribution is 0.0956. The topological polar surface area (TPSA) is 21.3 Å². The monoisotopic (exact) mass is 269 g/mol. The van der Waals surface area contributed by atoms with Crippen LogP contribution in [0.1, 0.15) is 25.8 Å². The van der Waals surface area contributed by atoms with Gasteiger partial charge in [0.2, 0.25) is 0 Å². The highest BCUT2D eigenvalue weighted by Gasteiger charge is 2.31. The van der Waals surface area contributed by atoms with Crippen molar-refractivity contribution in [2.45, 2.75) is 38.8 Å². The van der Waals surface area contributed by atoms with Gasteiger partial charge in [-0.05, 0) is 44.0 Å². The Hall–Kier alpha value is -1.00. The fraction of sp³-hybridized carbons (Fsp3) is 0.600. The fourth-order valence-electron chi connectivity index (χ4n) is 2.90. The number of hydrogen-bond acceptors (Lipinski definition) is 2. The Morgan fingerprint density at radius 2 is 2.00 bits per heavy atom. The zero-order valence-electron chi connectivity index (χ0n) is 11.5. The number of ether oxygens (including phenoxy) is 1. The summed E-state index contributed by atoms with van der Waals surface area (Å²) in [5, 5.41) is 3.42. The van der Waals surface area contributed by atoms with E-state index in [1.165, 1.54) is 12.1 Å². The zero-order chi connectivity index (χ0) is 13.8. The zero-order valence-corrected chi connectivity index (χ0v) is 11.5. The van der Waals surface area contributed by atoms with E-state index in [1.807, 2.05) is 6.92 Å². The molecule has 106 valence electrons. The fourth-order valence-corrected chi connectivity index (χ4v) is 2.90. The Balaban J connectivity index is 2.11. The highest BCUT2D eigenvalue weighted by Crippen LogP contribution is 2.26. The lowest BCUT2D eigenvalue weighted by Gasteiger charge is -2.26. The third-order valence-electron chi connectivity index (χ3n) is 3.80. The van der Waals surface area contributed by atoms with Crippen molar-refractivity contribution in [3.05, 3.63) is 35.4 Å². The van der Waals surface area contributed by atoms with Crippen LogP contribution < -0.4 is 5.32 Å². The maximum atomic E-state index is 13.2. The second-order valence-electron chi connectivity index (χ2n) is 5.17. The molecular formula is C15H21F2NO. The number of rotatable bonds is 5. The Bertz CT molecular complexity index is 404. The molecule has 0 aromatic heterocycles. The van der Waals surface area contributed by atoms with E-state index in [2.05, 4.69) is 12.2 Å². The quantitative estimate of drug-likeness (QED) is 0.887. The van der Waals surface area contributed by atoms with Gasteiger partial charge in [0.15, 0.2) is 0 Å². The average molecular weight is 269 g/mol. The van der Waals surface area contributed by atoms with Crippen LogP contribution in [0.25, 0.3) is 0 Å². The van der Waals surface area contributed by atoms with E-state index in [1.54, 1.807) is 0 Å². The van der Waals surface area contributed by atoms with Gasteiger partial charge in [-0.25, -0.2) is 8.78 Å². The molecule has 0 bridgehead atoms. The molecule has 1 aromatic carbocycles. The molecule has 0 aliphatic carbocycles. The molecule has 3 atom stereocenters. The van der Waals surface area contributed by atoms with Crippen molar-refractivity contribution in [2.75, 3.05) is 13.2 Å². The summed E-state index contributed by atoms with van der Waals surface area (Å²) < 4.78 is 32.1. The molecule has 2 nitrogen and oxygen atoms in total. The van der Waals surface area contributed by atoms with Crippen LogP contribution in [0.3, 0.4) is 0 Å². The summed E-state index contributed by atoms with van der Waals surface area (Å²) in [6, 6.07) is 3.93. The highest BCUT2D eigenvalue weighted by atomic mass is 19.1. The average Bonchev–Trinajstić information content (AvgIpc) is 2.73. The van der Waals surface area contributed by atoms with Crippen LogP contribution in [0.4, 0.5) is 8.78 Å². The first kappa shape index (κ1) is 14.4. The van der Waals surface area contributed by atoms with Crippen LogP contribution in [0, 0.1) is 17.6 Å². The number of likely N-dealkylation sites (N-methyl/N-ethyl adjacent to an activating group) is 1. The van der Waals surface area contributed by atoms with Crippen molar-refractivity contribution in [1.29, 1.82) is 0 Å². The molecule has 19 heavy (non-hydrogen) atoms. The van der Waals surface area contributed by atoms with Crippen LogP contribution in [-0.2, 0) is 11.2 Å². The molecule has 1 fully saturated rings. The molecule has 3 unspecified atom stereocenters. The van der Waals surface area contributed by atoms with E-state index in [-0.39, 0.29) is 12.1 Å². The van der Waals surface area contributed by atoms with Gasteiger partial charge in [0.05, 0.1) is 6.10 Å². The second-order valence-corrected chi connectivity index (χ2v) is 5.17. The minimum absolute atomic E-state index is 0.197. The number of nitrogens with one attached hydrogen (secondary N) is 1. The molecule has 1 N–H and O–H groups in total. The van der Waals surface area contributed by atoms with Crippen molar-refractivity contribution in [3.63, 3.8) is 0 Å². The molecule has 1 saturated heterocycles. The van der Waals surface area contributed by atoms with Gasteiger partial charge in [0, 0.05) is 24.6 Å². The number of halogens is 2. The second kappa shape index (κ2) is 6.44. The number of benzene rings is 1. The molecule has 1 aromatic rings. The smallest absolute Gasteiger partial charge is 0.126 e. The minimum Gasteiger partial charge on any atom is -0.378 e. The van der Waals surface area contributed by atoms with Gasteiger partial charge in [0.1, 0.15) is 11.6 Å². The standard InChI is InChI=1S/C15H21F2NO/c1-3-18-15(14-4-5-19-10(14)2)8-11-6-12(16)9-13(17)7-11/h6-7,9-10,14-15,18H,3-5,8H2,1-2H3. The largest absolute Gasteiger partial charge is 0.378 e. The van der Waals surface area contributed by atoms with E-state index in [0.29, 0.717) is 17.9 Å². The molecule has 1 aliphatic heterocycles. The molecule has 1 aliphatic rings.